The molecule has 0 aromatic carbocycles. The zero-order valence-electron chi connectivity index (χ0n) is 9.57. The van der Waals surface area contributed by atoms with E-state index in [4.69, 9.17) is 0 Å². The van der Waals surface area contributed by atoms with Crippen molar-refractivity contribution in [1.29, 1.82) is 0 Å². The van der Waals surface area contributed by atoms with Crippen LogP contribution in [0.5, 0.6) is 0 Å². The van der Waals surface area contributed by atoms with E-state index in [0.717, 1.165) is 23.7 Å². The lowest BCUT2D eigenvalue weighted by molar-refractivity contribution is 0.712. The smallest absolute Gasteiger partial charge is 0.152 e. The molecule has 3 heteroatoms. The third-order valence-electron chi connectivity index (χ3n) is 2.66. The van der Waals surface area contributed by atoms with Crippen LogP contribution in [0.25, 0.3) is 0 Å². The van der Waals surface area contributed by atoms with Crippen LogP contribution in [0, 0.1) is 0 Å². The lowest BCUT2D eigenvalue weighted by Crippen LogP contribution is -2.40. The molecule has 0 fully saturated rings. The van der Waals surface area contributed by atoms with Crippen LogP contribution in [0.1, 0.15) is 13.8 Å². The number of likely N-dealkylation sites (N-methyl/N-ethyl adjacent to an activating group) is 1. The summed E-state index contributed by atoms with van der Waals surface area (Å²) < 4.78 is 0. The first-order chi connectivity index (χ1) is 7.11. The summed E-state index contributed by atoms with van der Waals surface area (Å²) in [6.07, 6.45) is 1.84. The lowest BCUT2D eigenvalue weighted by atomic mass is 10.1. The van der Waals surface area contributed by atoms with Gasteiger partial charge >= 0.3 is 0 Å². The van der Waals surface area contributed by atoms with E-state index in [1.165, 1.54) is 0 Å². The molecule has 0 atom stereocenters. The molecule has 0 amide bonds. The van der Waals surface area contributed by atoms with Gasteiger partial charge in [-0.15, -0.1) is 0 Å². The topological polar surface area (TPSA) is 19.4 Å². The Hall–Kier alpha value is -1.51. The van der Waals surface area contributed by atoms with Crippen LogP contribution in [-0.2, 0) is 0 Å². The first-order valence-electron chi connectivity index (χ1n) is 5.24. The van der Waals surface area contributed by atoms with E-state index < -0.39 is 0 Å². The van der Waals surface area contributed by atoms with E-state index in [1.807, 2.05) is 12.3 Å². The minimum atomic E-state index is 0.425. The van der Waals surface area contributed by atoms with Crippen LogP contribution in [-0.4, -0.2) is 24.6 Å². The predicted octanol–water partition coefficient (Wildman–Crippen LogP) is 2.26. The summed E-state index contributed by atoms with van der Waals surface area (Å²) >= 11 is 0. The summed E-state index contributed by atoms with van der Waals surface area (Å²) in [5.74, 6) is 1.04. The Morgan fingerprint density at radius 1 is 1.47 bits per heavy atom. The second-order valence-electron chi connectivity index (χ2n) is 4.23. The number of pyridine rings is 1. The fourth-order valence-corrected chi connectivity index (χ4v) is 2.11. The molecule has 15 heavy (non-hydrogen) atoms. The van der Waals surface area contributed by atoms with Gasteiger partial charge in [0.05, 0.1) is 12.2 Å². The maximum atomic E-state index is 4.41. The fourth-order valence-electron chi connectivity index (χ4n) is 2.11. The van der Waals surface area contributed by atoms with Crippen molar-refractivity contribution in [2.75, 3.05) is 23.4 Å². The minimum Gasteiger partial charge on any atom is -0.352 e. The molecule has 1 aliphatic heterocycles. The molecule has 0 spiro atoms. The number of rotatable bonds is 1. The SMILES string of the molecule is C=C1CN(C)c2ncccc2N1C(C)C. The van der Waals surface area contributed by atoms with Gasteiger partial charge in [-0.05, 0) is 26.0 Å². The predicted molar refractivity (Wildman–Crippen MR) is 64.3 cm³/mol. The van der Waals surface area contributed by atoms with Crippen molar-refractivity contribution in [2.45, 2.75) is 19.9 Å². The maximum absolute atomic E-state index is 4.41. The third-order valence-corrected chi connectivity index (χ3v) is 2.66. The molecule has 0 N–H and O–H groups in total. The summed E-state index contributed by atoms with van der Waals surface area (Å²) in [5.41, 5.74) is 2.29. The lowest BCUT2D eigenvalue weighted by Gasteiger charge is -2.39. The monoisotopic (exact) mass is 203 g/mol. The zero-order chi connectivity index (χ0) is 11.0. The van der Waals surface area contributed by atoms with E-state index >= 15 is 0 Å². The van der Waals surface area contributed by atoms with Crippen molar-refractivity contribution in [3.8, 4) is 0 Å². The van der Waals surface area contributed by atoms with Gasteiger partial charge in [-0.25, -0.2) is 4.98 Å². The Bertz CT molecular complexity index is 384. The van der Waals surface area contributed by atoms with Crippen LogP contribution in [0.4, 0.5) is 11.5 Å². The van der Waals surface area contributed by atoms with Crippen molar-refractivity contribution < 1.29 is 0 Å². The summed E-state index contributed by atoms with van der Waals surface area (Å²) in [7, 11) is 2.05. The molecule has 0 bridgehead atoms. The molecule has 0 aliphatic carbocycles. The van der Waals surface area contributed by atoms with Crippen molar-refractivity contribution in [2.24, 2.45) is 0 Å². The molecular formula is C12H17N3. The van der Waals surface area contributed by atoms with Gasteiger partial charge in [0.25, 0.3) is 0 Å². The second kappa shape index (κ2) is 3.57. The molecule has 1 aromatic heterocycles. The molecule has 0 unspecified atom stereocenters. The molecule has 0 saturated heterocycles. The van der Waals surface area contributed by atoms with Gasteiger partial charge in [0.2, 0.25) is 0 Å². The van der Waals surface area contributed by atoms with Crippen LogP contribution >= 0.6 is 0 Å². The summed E-state index contributed by atoms with van der Waals surface area (Å²) in [6.45, 7) is 9.32. The van der Waals surface area contributed by atoms with E-state index in [1.54, 1.807) is 0 Å². The second-order valence-corrected chi connectivity index (χ2v) is 4.23. The van der Waals surface area contributed by atoms with Gasteiger partial charge in [0.1, 0.15) is 0 Å². The highest BCUT2D eigenvalue weighted by Gasteiger charge is 2.25. The molecule has 80 valence electrons. The molecule has 2 rings (SSSR count). The Balaban J connectivity index is 2.51. The quantitative estimate of drug-likeness (QED) is 0.698. The number of aromatic nitrogens is 1. The highest BCUT2D eigenvalue weighted by molar-refractivity contribution is 5.73. The Labute approximate surface area is 91.0 Å². The molecule has 2 heterocycles. The molecule has 0 saturated carbocycles. The van der Waals surface area contributed by atoms with Crippen LogP contribution in [0.3, 0.4) is 0 Å². The van der Waals surface area contributed by atoms with Crippen LogP contribution < -0.4 is 9.80 Å². The van der Waals surface area contributed by atoms with Gasteiger partial charge in [0.15, 0.2) is 5.82 Å². The maximum Gasteiger partial charge on any atom is 0.152 e. The zero-order valence-corrected chi connectivity index (χ0v) is 9.57. The number of hydrogen-bond acceptors (Lipinski definition) is 3. The van der Waals surface area contributed by atoms with Gasteiger partial charge in [-0.1, -0.05) is 6.58 Å². The van der Waals surface area contributed by atoms with Crippen molar-refractivity contribution >= 4 is 11.5 Å². The number of hydrogen-bond donors (Lipinski definition) is 0. The Morgan fingerprint density at radius 3 is 2.87 bits per heavy atom. The fraction of sp³-hybridized carbons (Fsp3) is 0.417. The molecule has 1 aromatic rings. The van der Waals surface area contributed by atoms with E-state index in [-0.39, 0.29) is 0 Å². The van der Waals surface area contributed by atoms with Crippen LogP contribution in [0.15, 0.2) is 30.6 Å². The number of anilines is 2. The summed E-state index contributed by atoms with van der Waals surface area (Å²) in [4.78, 5) is 8.80. The average Bonchev–Trinajstić information content (AvgIpc) is 2.17. The minimum absolute atomic E-state index is 0.425. The van der Waals surface area contributed by atoms with Gasteiger partial charge in [-0.3, -0.25) is 0 Å². The van der Waals surface area contributed by atoms with E-state index in [9.17, 15) is 0 Å². The van der Waals surface area contributed by atoms with Gasteiger partial charge < -0.3 is 9.80 Å². The number of fused-ring (bicyclic) bond motifs is 1. The molecular weight excluding hydrogens is 186 g/mol. The summed E-state index contributed by atoms with van der Waals surface area (Å²) in [6, 6.07) is 4.50. The average molecular weight is 203 g/mol. The molecule has 3 nitrogen and oxygen atoms in total. The first kappa shape index (κ1) is 10.0. The van der Waals surface area contributed by atoms with Crippen molar-refractivity contribution in [1.82, 2.24) is 4.98 Å². The van der Waals surface area contributed by atoms with Crippen molar-refractivity contribution in [3.63, 3.8) is 0 Å². The summed E-state index contributed by atoms with van der Waals surface area (Å²) in [5, 5.41) is 0. The Kier molecular flexibility index (Phi) is 2.39. The highest BCUT2D eigenvalue weighted by atomic mass is 15.3. The van der Waals surface area contributed by atoms with E-state index in [2.05, 4.69) is 48.3 Å². The largest absolute Gasteiger partial charge is 0.352 e. The molecule has 0 radical (unpaired) electrons. The highest BCUT2D eigenvalue weighted by Crippen LogP contribution is 2.34. The van der Waals surface area contributed by atoms with Gasteiger partial charge in [0, 0.05) is 25.0 Å². The van der Waals surface area contributed by atoms with E-state index in [0.29, 0.717) is 6.04 Å². The standard InChI is InChI=1S/C12H17N3/c1-9(2)15-10(3)8-14(4)12-11(15)6-5-7-13-12/h5-7,9H,3,8H2,1-2,4H3. The Morgan fingerprint density at radius 2 is 2.20 bits per heavy atom. The molecule has 1 aliphatic rings. The first-order valence-corrected chi connectivity index (χ1v) is 5.24. The van der Waals surface area contributed by atoms with Gasteiger partial charge in [-0.2, -0.15) is 0 Å². The van der Waals surface area contributed by atoms with Crippen LogP contribution in [0.2, 0.25) is 0 Å². The normalized spacial score (nSPS) is 15.9. The van der Waals surface area contributed by atoms with Crippen molar-refractivity contribution in [3.05, 3.63) is 30.6 Å². The number of nitrogens with zero attached hydrogens (tertiary/aromatic N) is 3. The third kappa shape index (κ3) is 1.58.